The molecule has 9 heteroatoms. The number of benzene rings is 3. The van der Waals surface area contributed by atoms with E-state index in [2.05, 4.69) is 10.3 Å². The third kappa shape index (κ3) is 5.51. The molecule has 0 bridgehead atoms. The van der Waals surface area contributed by atoms with Gasteiger partial charge < -0.3 is 16.0 Å². The molecule has 4 aromatic rings. The van der Waals surface area contributed by atoms with Gasteiger partial charge in [0.1, 0.15) is 11.6 Å². The van der Waals surface area contributed by atoms with E-state index in [0.717, 1.165) is 11.8 Å². The first kappa shape index (κ1) is 26.1. The van der Waals surface area contributed by atoms with Crippen molar-refractivity contribution in [2.45, 2.75) is 12.5 Å². The summed E-state index contributed by atoms with van der Waals surface area (Å²) in [6.07, 6.45) is 2.86. The quantitative estimate of drug-likeness (QED) is 0.324. The Bertz CT molecular complexity index is 1580. The summed E-state index contributed by atoms with van der Waals surface area (Å²) in [6, 6.07) is 19.5. The van der Waals surface area contributed by atoms with Crippen molar-refractivity contribution in [1.29, 1.82) is 0 Å². The Morgan fingerprint density at radius 2 is 1.79 bits per heavy atom. The highest BCUT2D eigenvalue weighted by molar-refractivity contribution is 6.33. The lowest BCUT2D eigenvalue weighted by molar-refractivity contribution is 0.0783. The summed E-state index contributed by atoms with van der Waals surface area (Å²) in [5, 5.41) is 3.25. The van der Waals surface area contributed by atoms with Gasteiger partial charge in [-0.2, -0.15) is 0 Å². The maximum absolute atomic E-state index is 13.4. The molecule has 0 unspecified atom stereocenters. The minimum Gasteiger partial charge on any atom is -0.383 e. The molecular formula is C30H24ClFN4O3. The molecule has 0 saturated carbocycles. The molecule has 196 valence electrons. The number of carbonyl (C=O) groups is 3. The van der Waals surface area contributed by atoms with E-state index < -0.39 is 11.7 Å². The molecule has 0 spiro atoms. The lowest BCUT2D eigenvalue weighted by atomic mass is 10.0. The first-order valence-corrected chi connectivity index (χ1v) is 12.7. The zero-order valence-corrected chi connectivity index (χ0v) is 21.5. The first-order chi connectivity index (χ1) is 18.8. The lowest BCUT2D eigenvalue weighted by Gasteiger charge is -2.18. The number of anilines is 1. The Hall–Kier alpha value is -4.56. The summed E-state index contributed by atoms with van der Waals surface area (Å²) in [7, 11) is 0. The molecule has 2 heterocycles. The molecule has 1 aliphatic rings. The number of hydrogen-bond acceptors (Lipinski definition) is 5. The summed E-state index contributed by atoms with van der Waals surface area (Å²) in [5.41, 5.74) is 9.88. The normalized spacial score (nSPS) is 14.7. The summed E-state index contributed by atoms with van der Waals surface area (Å²) in [5.74, 6) is -0.893. The van der Waals surface area contributed by atoms with Crippen molar-refractivity contribution in [1.82, 2.24) is 15.2 Å². The average Bonchev–Trinajstić information content (AvgIpc) is 3.41. The van der Waals surface area contributed by atoms with Gasteiger partial charge in [0.05, 0.1) is 10.6 Å². The molecule has 2 amide bonds. The van der Waals surface area contributed by atoms with E-state index in [1.165, 1.54) is 18.3 Å². The fraction of sp³-hybridized carbons (Fsp3) is 0.133. The van der Waals surface area contributed by atoms with E-state index in [0.29, 0.717) is 52.4 Å². The van der Waals surface area contributed by atoms with Crippen LogP contribution in [0.2, 0.25) is 5.02 Å². The van der Waals surface area contributed by atoms with Crippen molar-refractivity contribution in [3.05, 3.63) is 107 Å². The van der Waals surface area contributed by atoms with Crippen molar-refractivity contribution in [2.24, 2.45) is 0 Å². The van der Waals surface area contributed by atoms with Crippen LogP contribution < -0.4 is 11.1 Å². The summed E-state index contributed by atoms with van der Waals surface area (Å²) in [4.78, 5) is 43.5. The molecule has 1 saturated heterocycles. The topological polar surface area (TPSA) is 105 Å². The highest BCUT2D eigenvalue weighted by Crippen LogP contribution is 2.29. The Kier molecular flexibility index (Phi) is 7.38. The molecule has 1 atom stereocenters. The minimum absolute atomic E-state index is 0.0760. The molecule has 0 aliphatic carbocycles. The van der Waals surface area contributed by atoms with Crippen LogP contribution in [0.25, 0.3) is 22.3 Å². The van der Waals surface area contributed by atoms with Crippen LogP contribution in [0.4, 0.5) is 10.2 Å². The van der Waals surface area contributed by atoms with Crippen molar-refractivity contribution in [3.8, 4) is 22.3 Å². The van der Waals surface area contributed by atoms with E-state index in [9.17, 15) is 18.8 Å². The molecule has 3 N–H and O–H groups in total. The predicted molar refractivity (Wildman–Crippen MR) is 148 cm³/mol. The number of nitrogens with zero attached hydrogens (tertiary/aromatic N) is 2. The molecule has 7 nitrogen and oxygen atoms in total. The third-order valence-electron chi connectivity index (χ3n) is 6.75. The van der Waals surface area contributed by atoms with Gasteiger partial charge >= 0.3 is 0 Å². The number of hydrogen-bond donors (Lipinski definition) is 2. The largest absolute Gasteiger partial charge is 0.383 e. The fourth-order valence-corrected chi connectivity index (χ4v) is 4.97. The predicted octanol–water partition coefficient (Wildman–Crippen LogP) is 5.25. The molecule has 1 aliphatic heterocycles. The zero-order chi connectivity index (χ0) is 27.5. The van der Waals surface area contributed by atoms with Crippen LogP contribution in [-0.2, 0) is 0 Å². The maximum Gasteiger partial charge on any atom is 0.255 e. The Balaban J connectivity index is 1.25. The van der Waals surface area contributed by atoms with Gasteiger partial charge in [-0.15, -0.1) is 0 Å². The van der Waals surface area contributed by atoms with E-state index >= 15 is 0 Å². The van der Waals surface area contributed by atoms with Crippen LogP contribution >= 0.6 is 11.6 Å². The number of nitrogens with two attached hydrogens (primary N) is 1. The van der Waals surface area contributed by atoms with Crippen molar-refractivity contribution in [3.63, 3.8) is 0 Å². The summed E-state index contributed by atoms with van der Waals surface area (Å²) < 4.78 is 13.4. The first-order valence-electron chi connectivity index (χ1n) is 12.3. The third-order valence-corrected chi connectivity index (χ3v) is 7.06. The molecule has 0 radical (unpaired) electrons. The number of aromatic nitrogens is 1. The number of amides is 2. The Morgan fingerprint density at radius 3 is 2.54 bits per heavy atom. The fourth-order valence-electron chi connectivity index (χ4n) is 4.69. The lowest BCUT2D eigenvalue weighted by Crippen LogP contribution is -2.38. The smallest absolute Gasteiger partial charge is 0.255 e. The number of nitrogen functional groups attached to an aromatic ring is 1. The van der Waals surface area contributed by atoms with Crippen molar-refractivity contribution < 1.29 is 18.8 Å². The zero-order valence-electron chi connectivity index (χ0n) is 20.7. The standard InChI is InChI=1S/C30H24ClFN4O3/c31-27-14-22(32)9-10-25(27)18-5-7-19(8-6-18)30(39)36-12-11-23(16-36)35-29(38)26-13-21(15-34-28(26)33)24-4-2-1-3-20(24)17-37/h1-10,13-15,17,23H,11-12,16H2,(H2,33,34)(H,35,38)/t23-/m1/s1. The number of aldehydes is 1. The van der Waals surface area contributed by atoms with Crippen LogP contribution in [0, 0.1) is 5.82 Å². The number of likely N-dealkylation sites (tertiary alicyclic amines) is 1. The van der Waals surface area contributed by atoms with Gasteiger partial charge in [-0.05, 0) is 53.9 Å². The molecule has 39 heavy (non-hydrogen) atoms. The molecule has 1 aromatic heterocycles. The van der Waals surface area contributed by atoms with Crippen LogP contribution in [-0.4, -0.2) is 47.1 Å². The van der Waals surface area contributed by atoms with Crippen LogP contribution in [0.3, 0.4) is 0 Å². The summed E-state index contributed by atoms with van der Waals surface area (Å²) in [6.45, 7) is 0.826. The highest BCUT2D eigenvalue weighted by Gasteiger charge is 2.29. The molecule has 3 aromatic carbocycles. The van der Waals surface area contributed by atoms with Gasteiger partial charge in [0.25, 0.3) is 11.8 Å². The van der Waals surface area contributed by atoms with Crippen molar-refractivity contribution in [2.75, 3.05) is 18.8 Å². The van der Waals surface area contributed by atoms with Crippen LogP contribution in [0.1, 0.15) is 37.5 Å². The summed E-state index contributed by atoms with van der Waals surface area (Å²) >= 11 is 6.16. The number of rotatable bonds is 6. The number of carbonyl (C=O) groups excluding carboxylic acids is 3. The van der Waals surface area contributed by atoms with Gasteiger partial charge in [0, 0.05) is 47.6 Å². The molecular weight excluding hydrogens is 519 g/mol. The van der Waals surface area contributed by atoms with Gasteiger partial charge in [-0.25, -0.2) is 9.37 Å². The van der Waals surface area contributed by atoms with E-state index in [1.807, 2.05) is 0 Å². The SMILES string of the molecule is Nc1ncc(-c2ccccc2C=O)cc1C(=O)N[C@@H]1CCN(C(=O)c2ccc(-c3ccc(F)cc3Cl)cc2)C1. The van der Waals surface area contributed by atoms with E-state index in [-0.39, 0.29) is 23.3 Å². The number of pyridine rings is 1. The number of nitrogens with one attached hydrogen (secondary N) is 1. The Morgan fingerprint density at radius 1 is 1.03 bits per heavy atom. The van der Waals surface area contributed by atoms with Crippen LogP contribution in [0.5, 0.6) is 0 Å². The monoisotopic (exact) mass is 542 g/mol. The van der Waals surface area contributed by atoms with Gasteiger partial charge in [-0.1, -0.05) is 48.0 Å². The van der Waals surface area contributed by atoms with Gasteiger partial charge in [0.2, 0.25) is 0 Å². The second kappa shape index (κ2) is 11.0. The number of halogens is 2. The van der Waals surface area contributed by atoms with Crippen LogP contribution in [0.15, 0.2) is 79.0 Å². The second-order valence-electron chi connectivity index (χ2n) is 9.27. The second-order valence-corrected chi connectivity index (χ2v) is 9.68. The molecule has 5 rings (SSSR count). The molecule has 1 fully saturated rings. The minimum atomic E-state index is -0.416. The Labute approximate surface area is 229 Å². The van der Waals surface area contributed by atoms with Crippen molar-refractivity contribution >= 4 is 35.5 Å². The van der Waals surface area contributed by atoms with E-state index in [1.54, 1.807) is 65.6 Å². The maximum atomic E-state index is 13.4. The van der Waals surface area contributed by atoms with E-state index in [4.69, 9.17) is 17.3 Å². The van der Waals surface area contributed by atoms with Gasteiger partial charge in [0.15, 0.2) is 6.29 Å². The highest BCUT2D eigenvalue weighted by atomic mass is 35.5. The average molecular weight is 543 g/mol. The van der Waals surface area contributed by atoms with Gasteiger partial charge in [-0.3, -0.25) is 14.4 Å².